The maximum atomic E-state index is 5.90. The lowest BCUT2D eigenvalue weighted by atomic mass is 10.0. The molecule has 2 aromatic rings. The van der Waals surface area contributed by atoms with Crippen molar-refractivity contribution in [2.75, 3.05) is 17.6 Å². The zero-order valence-electron chi connectivity index (χ0n) is 14.5. The Kier molecular flexibility index (Phi) is 5.25. The van der Waals surface area contributed by atoms with Gasteiger partial charge in [-0.2, -0.15) is 15.0 Å². The standard InChI is InChI=1S/C18H26N6/c1-3-14-9-4-5-10-15(14)20-18-22-16(21-17(19)23-18)12-24-11-7-6-8-13(24)2/h4-5,9-10,13H,3,6-8,11-12H2,1-2H3,(H3,19,20,21,22,23). The topological polar surface area (TPSA) is 80.0 Å². The second-order valence-electron chi connectivity index (χ2n) is 6.38. The van der Waals surface area contributed by atoms with Gasteiger partial charge in [0.15, 0.2) is 0 Å². The molecule has 0 radical (unpaired) electrons. The van der Waals surface area contributed by atoms with Crippen molar-refractivity contribution in [3.05, 3.63) is 35.7 Å². The van der Waals surface area contributed by atoms with Gasteiger partial charge in [-0.1, -0.05) is 31.5 Å². The molecule has 1 aromatic heterocycles. The van der Waals surface area contributed by atoms with Crippen LogP contribution in [0.1, 0.15) is 44.5 Å². The number of hydrogen-bond donors (Lipinski definition) is 2. The van der Waals surface area contributed by atoms with Crippen LogP contribution in [0.3, 0.4) is 0 Å². The van der Waals surface area contributed by atoms with Crippen molar-refractivity contribution in [3.63, 3.8) is 0 Å². The molecule has 0 saturated carbocycles. The first-order chi connectivity index (χ1) is 11.7. The molecule has 1 saturated heterocycles. The molecule has 2 heterocycles. The molecule has 0 amide bonds. The van der Waals surface area contributed by atoms with Gasteiger partial charge in [0, 0.05) is 11.7 Å². The third kappa shape index (κ3) is 4.00. The third-order valence-electron chi connectivity index (χ3n) is 4.63. The van der Waals surface area contributed by atoms with Gasteiger partial charge in [-0.15, -0.1) is 0 Å². The molecule has 3 rings (SSSR count). The number of aryl methyl sites for hydroxylation is 1. The van der Waals surface area contributed by atoms with E-state index in [9.17, 15) is 0 Å². The molecule has 128 valence electrons. The van der Waals surface area contributed by atoms with Crippen LogP contribution in [-0.2, 0) is 13.0 Å². The Hall–Kier alpha value is -2.21. The Labute approximate surface area is 143 Å². The van der Waals surface area contributed by atoms with E-state index in [1.54, 1.807) is 0 Å². The second-order valence-corrected chi connectivity index (χ2v) is 6.38. The Morgan fingerprint density at radius 2 is 2.04 bits per heavy atom. The van der Waals surface area contributed by atoms with Crippen molar-refractivity contribution >= 4 is 17.6 Å². The number of nitrogens with two attached hydrogens (primary N) is 1. The van der Waals surface area contributed by atoms with Crippen LogP contribution < -0.4 is 11.1 Å². The molecular weight excluding hydrogens is 300 g/mol. The number of nitrogen functional groups attached to an aromatic ring is 1. The van der Waals surface area contributed by atoms with Gasteiger partial charge in [0.25, 0.3) is 0 Å². The first-order valence-corrected chi connectivity index (χ1v) is 8.75. The van der Waals surface area contributed by atoms with Crippen LogP contribution in [0, 0.1) is 0 Å². The SMILES string of the molecule is CCc1ccccc1Nc1nc(N)nc(CN2CCCCC2C)n1. The summed E-state index contributed by atoms with van der Waals surface area (Å²) in [5.41, 5.74) is 8.14. The molecule has 1 aromatic carbocycles. The smallest absolute Gasteiger partial charge is 0.232 e. The predicted octanol–water partition coefficient (Wildman–Crippen LogP) is 3.13. The van der Waals surface area contributed by atoms with Crippen molar-refractivity contribution in [1.82, 2.24) is 19.9 Å². The van der Waals surface area contributed by atoms with Crippen LogP contribution in [0.2, 0.25) is 0 Å². The highest BCUT2D eigenvalue weighted by Gasteiger charge is 2.20. The van der Waals surface area contributed by atoms with Crippen LogP contribution in [0.5, 0.6) is 0 Å². The van der Waals surface area contributed by atoms with Gasteiger partial charge in [-0.3, -0.25) is 4.90 Å². The van der Waals surface area contributed by atoms with E-state index in [4.69, 9.17) is 5.73 Å². The summed E-state index contributed by atoms with van der Waals surface area (Å²) >= 11 is 0. The van der Waals surface area contributed by atoms with Crippen molar-refractivity contribution in [3.8, 4) is 0 Å². The molecule has 0 spiro atoms. The maximum Gasteiger partial charge on any atom is 0.232 e. The molecule has 24 heavy (non-hydrogen) atoms. The lowest BCUT2D eigenvalue weighted by Crippen LogP contribution is -2.37. The first kappa shape index (κ1) is 16.6. The van der Waals surface area contributed by atoms with Crippen molar-refractivity contribution in [1.29, 1.82) is 0 Å². The number of hydrogen-bond acceptors (Lipinski definition) is 6. The zero-order valence-corrected chi connectivity index (χ0v) is 14.5. The van der Waals surface area contributed by atoms with Gasteiger partial charge in [0.1, 0.15) is 5.82 Å². The van der Waals surface area contributed by atoms with E-state index in [0.717, 1.165) is 31.0 Å². The summed E-state index contributed by atoms with van der Waals surface area (Å²) in [6.07, 6.45) is 4.72. The normalized spacial score (nSPS) is 18.5. The number of rotatable bonds is 5. The molecule has 1 fully saturated rings. The maximum absolute atomic E-state index is 5.90. The van der Waals surface area contributed by atoms with E-state index < -0.39 is 0 Å². The minimum atomic E-state index is 0.265. The highest BCUT2D eigenvalue weighted by atomic mass is 15.2. The lowest BCUT2D eigenvalue weighted by Gasteiger charge is -2.32. The zero-order chi connectivity index (χ0) is 16.9. The largest absolute Gasteiger partial charge is 0.368 e. The minimum Gasteiger partial charge on any atom is -0.368 e. The van der Waals surface area contributed by atoms with Gasteiger partial charge in [-0.25, -0.2) is 0 Å². The molecule has 1 atom stereocenters. The van der Waals surface area contributed by atoms with Crippen molar-refractivity contribution in [2.45, 2.75) is 52.1 Å². The number of benzene rings is 1. The summed E-state index contributed by atoms with van der Waals surface area (Å²) in [7, 11) is 0. The summed E-state index contributed by atoms with van der Waals surface area (Å²) in [6.45, 7) is 6.21. The Morgan fingerprint density at radius 1 is 1.21 bits per heavy atom. The number of likely N-dealkylation sites (tertiary alicyclic amines) is 1. The Bertz CT molecular complexity index is 687. The quantitative estimate of drug-likeness (QED) is 0.878. The Balaban J connectivity index is 1.78. The fourth-order valence-corrected chi connectivity index (χ4v) is 3.21. The highest BCUT2D eigenvalue weighted by molar-refractivity contribution is 5.58. The molecule has 6 heteroatoms. The second kappa shape index (κ2) is 7.57. The molecular formula is C18H26N6. The van der Waals surface area contributed by atoms with E-state index in [1.165, 1.54) is 24.8 Å². The molecule has 0 aliphatic carbocycles. The van der Waals surface area contributed by atoms with Gasteiger partial charge in [0.05, 0.1) is 6.54 Å². The summed E-state index contributed by atoms with van der Waals surface area (Å²) in [5, 5.41) is 3.29. The summed E-state index contributed by atoms with van der Waals surface area (Å²) in [6, 6.07) is 8.74. The van der Waals surface area contributed by atoms with E-state index >= 15 is 0 Å². The van der Waals surface area contributed by atoms with Gasteiger partial charge >= 0.3 is 0 Å². The van der Waals surface area contributed by atoms with Gasteiger partial charge < -0.3 is 11.1 Å². The number of nitrogens with one attached hydrogen (secondary N) is 1. The van der Waals surface area contributed by atoms with Crippen molar-refractivity contribution in [2.24, 2.45) is 0 Å². The van der Waals surface area contributed by atoms with Gasteiger partial charge in [-0.05, 0) is 44.4 Å². The van der Waals surface area contributed by atoms with Crippen LogP contribution in [0.15, 0.2) is 24.3 Å². The molecule has 6 nitrogen and oxygen atoms in total. The predicted molar refractivity (Wildman–Crippen MR) is 97.1 cm³/mol. The molecule has 1 aliphatic heterocycles. The monoisotopic (exact) mass is 326 g/mol. The third-order valence-corrected chi connectivity index (χ3v) is 4.63. The first-order valence-electron chi connectivity index (χ1n) is 8.75. The summed E-state index contributed by atoms with van der Waals surface area (Å²) in [5.74, 6) is 1.51. The van der Waals surface area contributed by atoms with Crippen LogP contribution in [0.25, 0.3) is 0 Å². The average molecular weight is 326 g/mol. The Morgan fingerprint density at radius 3 is 2.83 bits per heavy atom. The summed E-state index contributed by atoms with van der Waals surface area (Å²) < 4.78 is 0. The van der Waals surface area contributed by atoms with E-state index in [-0.39, 0.29) is 5.95 Å². The van der Waals surface area contributed by atoms with E-state index in [0.29, 0.717) is 12.0 Å². The number of piperidine rings is 1. The highest BCUT2D eigenvalue weighted by Crippen LogP contribution is 2.21. The fourth-order valence-electron chi connectivity index (χ4n) is 3.21. The molecule has 1 unspecified atom stereocenters. The number of aromatic nitrogens is 3. The van der Waals surface area contributed by atoms with Crippen LogP contribution >= 0.6 is 0 Å². The molecule has 3 N–H and O–H groups in total. The van der Waals surface area contributed by atoms with E-state index in [1.807, 2.05) is 18.2 Å². The van der Waals surface area contributed by atoms with Crippen molar-refractivity contribution < 1.29 is 0 Å². The average Bonchev–Trinajstić information content (AvgIpc) is 2.57. The number of para-hydroxylation sites is 1. The molecule has 0 bridgehead atoms. The molecule has 1 aliphatic rings. The van der Waals surface area contributed by atoms with Crippen LogP contribution in [0.4, 0.5) is 17.6 Å². The summed E-state index contributed by atoms with van der Waals surface area (Å²) in [4.78, 5) is 15.6. The van der Waals surface area contributed by atoms with E-state index in [2.05, 4.69) is 45.1 Å². The minimum absolute atomic E-state index is 0.265. The number of anilines is 3. The van der Waals surface area contributed by atoms with Gasteiger partial charge in [0.2, 0.25) is 11.9 Å². The lowest BCUT2D eigenvalue weighted by molar-refractivity contribution is 0.149. The van der Waals surface area contributed by atoms with Crippen LogP contribution in [-0.4, -0.2) is 32.4 Å². The fraction of sp³-hybridized carbons (Fsp3) is 0.500. The number of nitrogens with zero attached hydrogens (tertiary/aromatic N) is 4.